The topological polar surface area (TPSA) is 66.3 Å². The Morgan fingerprint density at radius 3 is 2.80 bits per heavy atom. The Labute approximate surface area is 150 Å². The summed E-state index contributed by atoms with van der Waals surface area (Å²) in [6.45, 7) is 6.17. The quantitative estimate of drug-likeness (QED) is 0.585. The Balaban J connectivity index is 1.92. The van der Waals surface area contributed by atoms with Gasteiger partial charge in [0.05, 0.1) is 13.7 Å². The highest BCUT2D eigenvalue weighted by Crippen LogP contribution is 2.26. The van der Waals surface area contributed by atoms with Crippen LogP contribution in [0.3, 0.4) is 0 Å². The van der Waals surface area contributed by atoms with Crippen molar-refractivity contribution >= 4 is 5.96 Å². The van der Waals surface area contributed by atoms with Gasteiger partial charge in [-0.3, -0.25) is 0 Å². The number of guanidine groups is 1. The maximum Gasteiger partial charge on any atom is 0.193 e. The van der Waals surface area contributed by atoms with E-state index >= 15 is 0 Å². The summed E-state index contributed by atoms with van der Waals surface area (Å²) in [6.07, 6.45) is 3.48. The standard InChI is InChI=1S/C19H31N3O3/c1-4-20-19(22(2)10-7-15-8-11-25-12-9-15)21-14-16-5-6-18(24-3)17(23)13-16/h5-6,13,15,23H,4,7-12,14H2,1-3H3,(H,20,21). The molecule has 1 fully saturated rings. The summed E-state index contributed by atoms with van der Waals surface area (Å²) in [6, 6.07) is 5.39. The Bertz CT molecular complexity index is 557. The molecule has 1 aromatic rings. The van der Waals surface area contributed by atoms with Crippen LogP contribution < -0.4 is 10.1 Å². The van der Waals surface area contributed by atoms with Crippen molar-refractivity contribution in [2.75, 3.05) is 40.5 Å². The van der Waals surface area contributed by atoms with Crippen molar-refractivity contribution in [1.82, 2.24) is 10.2 Å². The van der Waals surface area contributed by atoms with E-state index in [1.165, 1.54) is 0 Å². The maximum absolute atomic E-state index is 9.89. The lowest BCUT2D eigenvalue weighted by molar-refractivity contribution is 0.0625. The van der Waals surface area contributed by atoms with Crippen LogP contribution in [0.1, 0.15) is 31.7 Å². The molecule has 0 radical (unpaired) electrons. The van der Waals surface area contributed by atoms with E-state index in [2.05, 4.69) is 24.2 Å². The van der Waals surface area contributed by atoms with Crippen LogP contribution in [-0.4, -0.2) is 56.4 Å². The van der Waals surface area contributed by atoms with E-state index in [0.29, 0.717) is 12.3 Å². The SMILES string of the molecule is CCNC(=NCc1ccc(OC)c(O)c1)N(C)CCC1CCOCC1. The third-order valence-electron chi connectivity index (χ3n) is 4.56. The number of nitrogens with zero attached hydrogens (tertiary/aromatic N) is 2. The highest BCUT2D eigenvalue weighted by Gasteiger charge is 2.15. The number of methoxy groups -OCH3 is 1. The lowest BCUT2D eigenvalue weighted by atomic mass is 9.96. The summed E-state index contributed by atoms with van der Waals surface area (Å²) in [5, 5.41) is 13.2. The number of phenolic OH excluding ortho intramolecular Hbond substituents is 1. The van der Waals surface area contributed by atoms with Gasteiger partial charge in [0.2, 0.25) is 0 Å². The van der Waals surface area contributed by atoms with Gasteiger partial charge >= 0.3 is 0 Å². The molecule has 2 N–H and O–H groups in total. The number of benzene rings is 1. The van der Waals surface area contributed by atoms with Gasteiger partial charge in [-0.2, -0.15) is 0 Å². The van der Waals surface area contributed by atoms with Crippen LogP contribution in [0.15, 0.2) is 23.2 Å². The molecule has 0 saturated carbocycles. The van der Waals surface area contributed by atoms with Gasteiger partial charge in [-0.05, 0) is 49.8 Å². The van der Waals surface area contributed by atoms with Gasteiger partial charge in [0.15, 0.2) is 17.5 Å². The van der Waals surface area contributed by atoms with Crippen LogP contribution >= 0.6 is 0 Å². The Hall–Kier alpha value is -1.95. The first-order valence-corrected chi connectivity index (χ1v) is 9.07. The second kappa shape index (κ2) is 10.1. The van der Waals surface area contributed by atoms with E-state index in [-0.39, 0.29) is 5.75 Å². The normalized spacial score (nSPS) is 15.9. The van der Waals surface area contributed by atoms with Gasteiger partial charge in [-0.25, -0.2) is 4.99 Å². The minimum atomic E-state index is 0.146. The zero-order chi connectivity index (χ0) is 18.1. The Morgan fingerprint density at radius 2 is 2.16 bits per heavy atom. The molecule has 0 amide bonds. The number of rotatable bonds is 7. The Morgan fingerprint density at radius 1 is 1.40 bits per heavy atom. The molecule has 0 atom stereocenters. The fourth-order valence-electron chi connectivity index (χ4n) is 2.99. The molecule has 6 nitrogen and oxygen atoms in total. The predicted octanol–water partition coefficient (Wildman–Crippen LogP) is 2.61. The van der Waals surface area contributed by atoms with Crippen molar-refractivity contribution < 1.29 is 14.6 Å². The van der Waals surface area contributed by atoms with Gasteiger partial charge in [-0.15, -0.1) is 0 Å². The molecular weight excluding hydrogens is 318 g/mol. The van der Waals surface area contributed by atoms with Gasteiger partial charge in [0.1, 0.15) is 0 Å². The summed E-state index contributed by atoms with van der Waals surface area (Å²) < 4.78 is 10.5. The molecule has 0 spiro atoms. The third-order valence-corrected chi connectivity index (χ3v) is 4.56. The van der Waals surface area contributed by atoms with Crippen molar-refractivity contribution in [2.45, 2.75) is 32.7 Å². The lowest BCUT2D eigenvalue weighted by Gasteiger charge is -2.26. The van der Waals surface area contributed by atoms with Gasteiger partial charge in [0.25, 0.3) is 0 Å². The minimum Gasteiger partial charge on any atom is -0.504 e. The highest BCUT2D eigenvalue weighted by atomic mass is 16.5. The molecule has 0 bridgehead atoms. The van der Waals surface area contributed by atoms with Gasteiger partial charge in [0, 0.05) is 33.4 Å². The van der Waals surface area contributed by atoms with E-state index in [9.17, 15) is 5.11 Å². The highest BCUT2D eigenvalue weighted by molar-refractivity contribution is 5.79. The average molecular weight is 349 g/mol. The number of phenols is 1. The second-order valence-electron chi connectivity index (χ2n) is 6.44. The molecule has 2 rings (SSSR count). The number of hydrogen-bond donors (Lipinski definition) is 2. The van der Waals surface area contributed by atoms with Crippen LogP contribution in [0, 0.1) is 5.92 Å². The minimum absolute atomic E-state index is 0.146. The number of hydrogen-bond acceptors (Lipinski definition) is 4. The molecule has 140 valence electrons. The molecule has 0 unspecified atom stereocenters. The van der Waals surface area contributed by atoms with E-state index in [0.717, 1.165) is 63.0 Å². The summed E-state index contributed by atoms with van der Waals surface area (Å²) in [4.78, 5) is 6.88. The fourth-order valence-corrected chi connectivity index (χ4v) is 2.99. The summed E-state index contributed by atoms with van der Waals surface area (Å²) in [7, 11) is 3.62. The number of aromatic hydroxyl groups is 1. The second-order valence-corrected chi connectivity index (χ2v) is 6.44. The summed E-state index contributed by atoms with van der Waals surface area (Å²) in [5.41, 5.74) is 0.950. The van der Waals surface area contributed by atoms with E-state index in [1.807, 2.05) is 6.07 Å². The molecule has 1 aromatic carbocycles. The molecule has 1 heterocycles. The molecule has 0 aromatic heterocycles. The third kappa shape index (κ3) is 6.12. The van der Waals surface area contributed by atoms with Crippen LogP contribution in [0.25, 0.3) is 0 Å². The first kappa shape index (κ1) is 19.4. The van der Waals surface area contributed by atoms with E-state index in [4.69, 9.17) is 14.5 Å². The lowest BCUT2D eigenvalue weighted by Crippen LogP contribution is -2.40. The number of nitrogens with one attached hydrogen (secondary N) is 1. The number of aliphatic imine (C=N–C) groups is 1. The van der Waals surface area contributed by atoms with Gasteiger partial charge in [-0.1, -0.05) is 6.07 Å². The zero-order valence-corrected chi connectivity index (χ0v) is 15.6. The van der Waals surface area contributed by atoms with Crippen molar-refractivity contribution in [2.24, 2.45) is 10.9 Å². The first-order valence-electron chi connectivity index (χ1n) is 9.07. The summed E-state index contributed by atoms with van der Waals surface area (Å²) in [5.74, 6) is 2.27. The van der Waals surface area contributed by atoms with Crippen molar-refractivity contribution in [3.05, 3.63) is 23.8 Å². The van der Waals surface area contributed by atoms with E-state index in [1.54, 1.807) is 19.2 Å². The molecule has 0 aliphatic carbocycles. The van der Waals surface area contributed by atoms with Crippen LogP contribution in [0.5, 0.6) is 11.5 Å². The van der Waals surface area contributed by atoms with Crippen LogP contribution in [-0.2, 0) is 11.3 Å². The Kier molecular flexibility index (Phi) is 7.85. The predicted molar refractivity (Wildman–Crippen MR) is 100 cm³/mol. The monoisotopic (exact) mass is 349 g/mol. The molecule has 1 saturated heterocycles. The van der Waals surface area contributed by atoms with Crippen molar-refractivity contribution in [1.29, 1.82) is 0 Å². The number of ether oxygens (including phenoxy) is 2. The van der Waals surface area contributed by atoms with Crippen molar-refractivity contribution in [3.63, 3.8) is 0 Å². The van der Waals surface area contributed by atoms with Crippen molar-refractivity contribution in [3.8, 4) is 11.5 Å². The van der Waals surface area contributed by atoms with E-state index < -0.39 is 0 Å². The van der Waals surface area contributed by atoms with Gasteiger partial charge < -0.3 is 24.8 Å². The van der Waals surface area contributed by atoms with Crippen LogP contribution in [0.4, 0.5) is 0 Å². The smallest absolute Gasteiger partial charge is 0.193 e. The maximum atomic E-state index is 9.89. The average Bonchev–Trinajstić information content (AvgIpc) is 2.64. The molecule has 1 aliphatic heterocycles. The molecular formula is C19H31N3O3. The first-order chi connectivity index (χ1) is 12.1. The zero-order valence-electron chi connectivity index (χ0n) is 15.6. The van der Waals surface area contributed by atoms with Crippen LogP contribution in [0.2, 0.25) is 0 Å². The molecule has 1 aliphatic rings. The summed E-state index contributed by atoms with van der Waals surface area (Å²) >= 11 is 0. The fraction of sp³-hybridized carbons (Fsp3) is 0.632. The molecule has 25 heavy (non-hydrogen) atoms. The molecule has 6 heteroatoms. The largest absolute Gasteiger partial charge is 0.504 e.